The third-order valence-electron chi connectivity index (χ3n) is 2.37. The molecule has 98 valence electrons. The van der Waals surface area contributed by atoms with Gasteiger partial charge in [0.15, 0.2) is 0 Å². The highest BCUT2D eigenvalue weighted by Crippen LogP contribution is 2.24. The van der Waals surface area contributed by atoms with E-state index in [4.69, 9.17) is 11.6 Å². The highest BCUT2D eigenvalue weighted by atomic mass is 35.5. The van der Waals surface area contributed by atoms with Crippen LogP contribution in [-0.4, -0.2) is 10.9 Å². The van der Waals surface area contributed by atoms with E-state index in [0.29, 0.717) is 5.15 Å². The van der Waals surface area contributed by atoms with Gasteiger partial charge in [-0.2, -0.15) is 0 Å². The van der Waals surface area contributed by atoms with Gasteiger partial charge in [0.25, 0.3) is 0 Å². The maximum absolute atomic E-state index is 10.9. The number of nitrogens with one attached hydrogen (secondary N) is 1. The van der Waals surface area contributed by atoms with Crippen LogP contribution in [0, 0.1) is 0 Å². The van der Waals surface area contributed by atoms with Gasteiger partial charge in [0, 0.05) is 29.5 Å². The molecule has 0 bridgehead atoms. The number of carbonyl (C=O) groups excluding carboxylic acids is 1. The predicted molar refractivity (Wildman–Crippen MR) is 79.6 cm³/mol. The molecule has 0 atom stereocenters. The molecule has 3 nitrogen and oxygen atoms in total. The van der Waals surface area contributed by atoms with Crippen LogP contribution in [0.3, 0.4) is 0 Å². The number of hydrogen-bond donors (Lipinski definition) is 1. The quantitative estimate of drug-likeness (QED) is 0.684. The first kappa shape index (κ1) is 13.9. The Hall–Kier alpha value is -1.52. The van der Waals surface area contributed by atoms with E-state index in [9.17, 15) is 4.79 Å². The van der Waals surface area contributed by atoms with E-state index in [1.807, 2.05) is 30.3 Å². The summed E-state index contributed by atoms with van der Waals surface area (Å²) in [5.74, 6) is 0.775. The zero-order chi connectivity index (χ0) is 13.7. The molecule has 0 unspecified atom stereocenters. The molecule has 1 amide bonds. The minimum absolute atomic E-state index is 0.0624. The van der Waals surface area contributed by atoms with Crippen molar-refractivity contribution in [2.45, 2.75) is 17.6 Å². The Morgan fingerprint density at radius 2 is 2.00 bits per heavy atom. The second-order valence-corrected chi connectivity index (χ2v) is 5.42. The van der Waals surface area contributed by atoms with Crippen LogP contribution in [0.25, 0.3) is 0 Å². The molecule has 1 aromatic carbocycles. The maximum atomic E-state index is 10.9. The first-order valence-corrected chi connectivity index (χ1v) is 7.11. The number of hydrogen-bond acceptors (Lipinski definition) is 3. The molecule has 2 rings (SSSR count). The highest BCUT2D eigenvalue weighted by Gasteiger charge is 1.99. The van der Waals surface area contributed by atoms with Gasteiger partial charge >= 0.3 is 0 Å². The molecule has 0 spiro atoms. The van der Waals surface area contributed by atoms with E-state index in [0.717, 1.165) is 21.9 Å². The van der Waals surface area contributed by atoms with Gasteiger partial charge in [-0.1, -0.05) is 17.7 Å². The van der Waals surface area contributed by atoms with Gasteiger partial charge in [-0.3, -0.25) is 4.79 Å². The smallest absolute Gasteiger partial charge is 0.221 e. The lowest BCUT2D eigenvalue weighted by atomic mass is 10.3. The van der Waals surface area contributed by atoms with Crippen LogP contribution in [0.4, 0.5) is 5.69 Å². The number of aromatic nitrogens is 1. The zero-order valence-electron chi connectivity index (χ0n) is 10.4. The molecule has 0 saturated heterocycles. The zero-order valence-corrected chi connectivity index (χ0v) is 12.0. The summed E-state index contributed by atoms with van der Waals surface area (Å²) in [5, 5.41) is 3.25. The molecule has 2 aromatic rings. The second-order valence-electron chi connectivity index (χ2n) is 3.98. The van der Waals surface area contributed by atoms with E-state index in [-0.39, 0.29) is 5.91 Å². The van der Waals surface area contributed by atoms with Crippen molar-refractivity contribution in [2.75, 3.05) is 5.32 Å². The third kappa shape index (κ3) is 4.58. The Labute approximate surface area is 121 Å². The van der Waals surface area contributed by atoms with E-state index >= 15 is 0 Å². The first-order valence-electron chi connectivity index (χ1n) is 5.74. The summed E-state index contributed by atoms with van der Waals surface area (Å²) >= 11 is 7.45. The van der Waals surface area contributed by atoms with E-state index in [1.54, 1.807) is 24.0 Å². The average Bonchev–Trinajstić information content (AvgIpc) is 2.39. The van der Waals surface area contributed by atoms with E-state index in [2.05, 4.69) is 10.3 Å². The summed E-state index contributed by atoms with van der Waals surface area (Å²) in [6, 6.07) is 11.5. The van der Waals surface area contributed by atoms with Crippen molar-refractivity contribution in [1.82, 2.24) is 4.98 Å². The number of carbonyl (C=O) groups is 1. The molecular formula is C14H13ClN2OS. The SMILES string of the molecule is CC(=O)Nc1ccc(SCc2ccc(Cl)nc2)cc1. The molecule has 5 heteroatoms. The minimum atomic E-state index is -0.0624. The van der Waals surface area contributed by atoms with Gasteiger partial charge in [-0.25, -0.2) is 4.98 Å². The number of nitrogens with zero attached hydrogens (tertiary/aromatic N) is 1. The molecule has 1 aromatic heterocycles. The van der Waals surface area contributed by atoms with E-state index in [1.165, 1.54) is 6.92 Å². The number of amides is 1. The molecule has 0 radical (unpaired) electrons. The Morgan fingerprint density at radius 3 is 2.58 bits per heavy atom. The summed E-state index contributed by atoms with van der Waals surface area (Å²) in [4.78, 5) is 16.1. The van der Waals surface area contributed by atoms with Crippen LogP contribution >= 0.6 is 23.4 Å². The Kier molecular flexibility index (Phi) is 4.82. The van der Waals surface area contributed by atoms with Gasteiger partial charge in [0.2, 0.25) is 5.91 Å². The summed E-state index contributed by atoms with van der Waals surface area (Å²) in [7, 11) is 0. The van der Waals surface area contributed by atoms with Gasteiger partial charge in [0.1, 0.15) is 5.15 Å². The number of benzene rings is 1. The van der Waals surface area contributed by atoms with Gasteiger partial charge in [-0.05, 0) is 35.9 Å². The van der Waals surface area contributed by atoms with Crippen LogP contribution < -0.4 is 5.32 Å². The first-order chi connectivity index (χ1) is 9.13. The van der Waals surface area contributed by atoms with Crippen molar-refractivity contribution in [2.24, 2.45) is 0 Å². The van der Waals surface area contributed by atoms with Crippen molar-refractivity contribution in [3.05, 3.63) is 53.3 Å². The minimum Gasteiger partial charge on any atom is -0.326 e. The van der Waals surface area contributed by atoms with Crippen molar-refractivity contribution in [3.63, 3.8) is 0 Å². The average molecular weight is 293 g/mol. The predicted octanol–water partition coefficient (Wildman–Crippen LogP) is 3.99. The fourth-order valence-electron chi connectivity index (χ4n) is 1.50. The fraction of sp³-hybridized carbons (Fsp3) is 0.143. The van der Waals surface area contributed by atoms with Crippen molar-refractivity contribution < 1.29 is 4.79 Å². The van der Waals surface area contributed by atoms with Gasteiger partial charge < -0.3 is 5.32 Å². The summed E-state index contributed by atoms with van der Waals surface area (Å²) < 4.78 is 0. The van der Waals surface area contributed by atoms with Crippen LogP contribution in [0.1, 0.15) is 12.5 Å². The third-order valence-corrected chi connectivity index (χ3v) is 3.68. The largest absolute Gasteiger partial charge is 0.326 e. The molecule has 0 aliphatic carbocycles. The summed E-state index contributed by atoms with van der Waals surface area (Å²) in [5.41, 5.74) is 1.94. The normalized spacial score (nSPS) is 10.2. The topological polar surface area (TPSA) is 42.0 Å². The van der Waals surface area contributed by atoms with E-state index < -0.39 is 0 Å². The van der Waals surface area contributed by atoms with Crippen molar-refractivity contribution in [1.29, 1.82) is 0 Å². The lowest BCUT2D eigenvalue weighted by molar-refractivity contribution is -0.114. The van der Waals surface area contributed by atoms with Crippen molar-refractivity contribution >= 4 is 35.0 Å². The Bertz CT molecular complexity index is 555. The van der Waals surface area contributed by atoms with Crippen molar-refractivity contribution in [3.8, 4) is 0 Å². The van der Waals surface area contributed by atoms with Crippen LogP contribution in [0.5, 0.6) is 0 Å². The van der Waals surface area contributed by atoms with Crippen LogP contribution in [0.15, 0.2) is 47.5 Å². The Balaban J connectivity index is 1.92. The summed E-state index contributed by atoms with van der Waals surface area (Å²) in [6.45, 7) is 1.50. The standard InChI is InChI=1S/C14H13ClN2OS/c1-10(18)17-12-3-5-13(6-4-12)19-9-11-2-7-14(15)16-8-11/h2-8H,9H2,1H3,(H,17,18). The molecule has 0 aliphatic rings. The molecule has 0 fully saturated rings. The molecule has 1 N–H and O–H groups in total. The molecule has 0 aliphatic heterocycles. The molecule has 1 heterocycles. The summed E-state index contributed by atoms with van der Waals surface area (Å²) in [6.07, 6.45) is 1.78. The second kappa shape index (κ2) is 6.59. The Morgan fingerprint density at radius 1 is 1.26 bits per heavy atom. The highest BCUT2D eigenvalue weighted by molar-refractivity contribution is 7.98. The molecule has 19 heavy (non-hydrogen) atoms. The molecular weight excluding hydrogens is 280 g/mol. The molecule has 0 saturated carbocycles. The maximum Gasteiger partial charge on any atom is 0.221 e. The number of anilines is 1. The monoisotopic (exact) mass is 292 g/mol. The lowest BCUT2D eigenvalue weighted by Gasteiger charge is -2.04. The number of pyridine rings is 1. The number of thioether (sulfide) groups is 1. The van der Waals surface area contributed by atoms with Gasteiger partial charge in [0.05, 0.1) is 0 Å². The number of halogens is 1. The lowest BCUT2D eigenvalue weighted by Crippen LogP contribution is -2.05. The van der Waals surface area contributed by atoms with Crippen LogP contribution in [-0.2, 0) is 10.5 Å². The van der Waals surface area contributed by atoms with Gasteiger partial charge in [-0.15, -0.1) is 11.8 Å². The fourth-order valence-corrected chi connectivity index (χ4v) is 2.44. The van der Waals surface area contributed by atoms with Crippen LogP contribution in [0.2, 0.25) is 5.15 Å². The number of rotatable bonds is 4.